The highest BCUT2D eigenvalue weighted by atomic mass is 16.4. The van der Waals surface area contributed by atoms with Crippen LogP contribution in [0.25, 0.3) is 0 Å². The van der Waals surface area contributed by atoms with E-state index >= 15 is 0 Å². The van der Waals surface area contributed by atoms with E-state index in [4.69, 9.17) is 5.11 Å². The summed E-state index contributed by atoms with van der Waals surface area (Å²) in [7, 11) is 0. The summed E-state index contributed by atoms with van der Waals surface area (Å²) in [6.07, 6.45) is 3.10. The summed E-state index contributed by atoms with van der Waals surface area (Å²) in [5, 5.41) is 11.8. The van der Waals surface area contributed by atoms with E-state index in [1.807, 2.05) is 19.1 Å². The van der Waals surface area contributed by atoms with E-state index in [1.54, 1.807) is 11.1 Å². The third-order valence-corrected chi connectivity index (χ3v) is 3.47. The molecule has 0 bridgehead atoms. The predicted octanol–water partition coefficient (Wildman–Crippen LogP) is 1.40. The van der Waals surface area contributed by atoms with E-state index in [-0.39, 0.29) is 12.6 Å². The number of urea groups is 1. The van der Waals surface area contributed by atoms with E-state index in [2.05, 4.69) is 10.3 Å². The molecule has 6 heteroatoms. The Balaban J connectivity index is 1.85. The third-order valence-electron chi connectivity index (χ3n) is 3.47. The molecule has 0 saturated carbocycles. The van der Waals surface area contributed by atoms with Gasteiger partial charge >= 0.3 is 12.0 Å². The molecule has 2 rings (SSSR count). The van der Waals surface area contributed by atoms with Crippen LogP contribution in [0.15, 0.2) is 18.3 Å². The van der Waals surface area contributed by atoms with Crippen molar-refractivity contribution in [1.82, 2.24) is 15.2 Å². The van der Waals surface area contributed by atoms with Gasteiger partial charge in [0.25, 0.3) is 0 Å². The summed E-state index contributed by atoms with van der Waals surface area (Å²) >= 11 is 0. The van der Waals surface area contributed by atoms with Gasteiger partial charge in [-0.25, -0.2) is 4.79 Å². The van der Waals surface area contributed by atoms with Crippen LogP contribution in [0, 0.1) is 12.8 Å². The lowest BCUT2D eigenvalue weighted by Crippen LogP contribution is -2.46. The van der Waals surface area contributed by atoms with Crippen molar-refractivity contribution < 1.29 is 14.7 Å². The topological polar surface area (TPSA) is 82.5 Å². The van der Waals surface area contributed by atoms with Gasteiger partial charge in [-0.1, -0.05) is 6.07 Å². The average molecular weight is 277 g/mol. The van der Waals surface area contributed by atoms with Crippen LogP contribution in [-0.2, 0) is 11.3 Å². The fourth-order valence-corrected chi connectivity index (χ4v) is 2.26. The Morgan fingerprint density at radius 2 is 2.30 bits per heavy atom. The smallest absolute Gasteiger partial charge is 0.317 e. The van der Waals surface area contributed by atoms with Gasteiger partial charge in [-0.2, -0.15) is 0 Å². The average Bonchev–Trinajstić information content (AvgIpc) is 2.46. The lowest BCUT2D eigenvalue weighted by molar-refractivity contribution is -0.143. The van der Waals surface area contributed by atoms with E-state index in [0.29, 0.717) is 19.5 Å². The molecule has 0 unspecified atom stereocenters. The maximum absolute atomic E-state index is 12.0. The number of aromatic nitrogens is 1. The Labute approximate surface area is 117 Å². The van der Waals surface area contributed by atoms with Gasteiger partial charge in [0.1, 0.15) is 0 Å². The number of rotatable bonds is 3. The van der Waals surface area contributed by atoms with E-state index in [9.17, 15) is 9.59 Å². The number of hydrogen-bond acceptors (Lipinski definition) is 3. The minimum atomic E-state index is -0.828. The molecule has 2 amide bonds. The van der Waals surface area contributed by atoms with Crippen molar-refractivity contribution in [3.8, 4) is 0 Å². The van der Waals surface area contributed by atoms with Crippen LogP contribution in [0.5, 0.6) is 0 Å². The first kappa shape index (κ1) is 14.3. The van der Waals surface area contributed by atoms with Gasteiger partial charge in [0.15, 0.2) is 0 Å². The summed E-state index contributed by atoms with van der Waals surface area (Å²) in [4.78, 5) is 28.7. The lowest BCUT2D eigenvalue weighted by Gasteiger charge is -2.30. The largest absolute Gasteiger partial charge is 0.481 e. The third kappa shape index (κ3) is 3.69. The number of amides is 2. The minimum Gasteiger partial charge on any atom is -0.481 e. The van der Waals surface area contributed by atoms with Crippen molar-refractivity contribution in [2.24, 2.45) is 5.92 Å². The first-order valence-corrected chi connectivity index (χ1v) is 6.73. The first-order valence-electron chi connectivity index (χ1n) is 6.73. The zero-order chi connectivity index (χ0) is 14.5. The number of nitrogens with zero attached hydrogens (tertiary/aromatic N) is 2. The molecule has 0 aromatic carbocycles. The van der Waals surface area contributed by atoms with Gasteiger partial charge in [0, 0.05) is 31.5 Å². The predicted molar refractivity (Wildman–Crippen MR) is 73.1 cm³/mol. The normalized spacial score (nSPS) is 18.6. The van der Waals surface area contributed by atoms with Crippen molar-refractivity contribution in [1.29, 1.82) is 0 Å². The summed E-state index contributed by atoms with van der Waals surface area (Å²) in [6, 6.07) is 3.60. The standard InChI is InChI=1S/C14H19N3O3/c1-10-4-5-11(7-15-10)8-16-14(20)17-6-2-3-12(9-17)13(18)19/h4-5,7,12H,2-3,6,8-9H2,1H3,(H,16,20)(H,18,19)/t12-/m0/s1. The number of carbonyl (C=O) groups is 2. The van der Waals surface area contributed by atoms with Crippen molar-refractivity contribution in [2.45, 2.75) is 26.3 Å². The highest BCUT2D eigenvalue weighted by molar-refractivity contribution is 5.76. The number of piperidine rings is 1. The number of carbonyl (C=O) groups excluding carboxylic acids is 1. The molecule has 6 nitrogen and oxygen atoms in total. The molecule has 2 N–H and O–H groups in total. The van der Waals surface area contributed by atoms with E-state index in [0.717, 1.165) is 17.7 Å². The van der Waals surface area contributed by atoms with E-state index in [1.165, 1.54) is 0 Å². The van der Waals surface area contributed by atoms with Gasteiger partial charge in [0.2, 0.25) is 0 Å². The van der Waals surface area contributed by atoms with Gasteiger partial charge in [0.05, 0.1) is 5.92 Å². The number of likely N-dealkylation sites (tertiary alicyclic amines) is 1. The SMILES string of the molecule is Cc1ccc(CNC(=O)N2CCC[C@H](C(=O)O)C2)cn1. The van der Waals surface area contributed by atoms with Gasteiger partial charge in [-0.3, -0.25) is 9.78 Å². The van der Waals surface area contributed by atoms with Crippen LogP contribution in [0.2, 0.25) is 0 Å². The fraction of sp³-hybridized carbons (Fsp3) is 0.500. The molecule has 0 aliphatic carbocycles. The fourth-order valence-electron chi connectivity index (χ4n) is 2.26. The molecule has 108 valence electrons. The Morgan fingerprint density at radius 3 is 2.95 bits per heavy atom. The molecule has 20 heavy (non-hydrogen) atoms. The molecule has 0 spiro atoms. The van der Waals surface area contributed by atoms with Crippen LogP contribution in [-0.4, -0.2) is 40.1 Å². The molecule has 1 fully saturated rings. The van der Waals surface area contributed by atoms with Crippen molar-refractivity contribution in [3.05, 3.63) is 29.6 Å². The molecule has 1 aliphatic heterocycles. The highest BCUT2D eigenvalue weighted by Crippen LogP contribution is 2.16. The Kier molecular flexibility index (Phi) is 4.55. The molecule has 2 heterocycles. The first-order chi connectivity index (χ1) is 9.56. The second-order valence-corrected chi connectivity index (χ2v) is 5.09. The number of pyridine rings is 1. The molecule has 1 saturated heterocycles. The summed E-state index contributed by atoms with van der Waals surface area (Å²) < 4.78 is 0. The van der Waals surface area contributed by atoms with Crippen LogP contribution in [0.4, 0.5) is 4.79 Å². The number of nitrogens with one attached hydrogen (secondary N) is 1. The molecular weight excluding hydrogens is 258 g/mol. The second-order valence-electron chi connectivity index (χ2n) is 5.09. The molecule has 0 radical (unpaired) electrons. The highest BCUT2D eigenvalue weighted by Gasteiger charge is 2.27. The Hall–Kier alpha value is -2.11. The monoisotopic (exact) mass is 277 g/mol. The number of carboxylic acid groups (broad SMARTS) is 1. The molecule has 1 aromatic heterocycles. The van der Waals surface area contributed by atoms with Crippen molar-refractivity contribution >= 4 is 12.0 Å². The quantitative estimate of drug-likeness (QED) is 0.874. The Morgan fingerprint density at radius 1 is 1.50 bits per heavy atom. The van der Waals surface area contributed by atoms with Crippen molar-refractivity contribution in [3.63, 3.8) is 0 Å². The van der Waals surface area contributed by atoms with Crippen LogP contribution in [0.1, 0.15) is 24.1 Å². The molecule has 1 aliphatic rings. The maximum Gasteiger partial charge on any atom is 0.317 e. The van der Waals surface area contributed by atoms with Gasteiger partial charge in [-0.15, -0.1) is 0 Å². The lowest BCUT2D eigenvalue weighted by atomic mass is 9.99. The molecular formula is C14H19N3O3. The van der Waals surface area contributed by atoms with Crippen molar-refractivity contribution in [2.75, 3.05) is 13.1 Å². The summed E-state index contributed by atoms with van der Waals surface area (Å²) in [5.41, 5.74) is 1.86. The van der Waals surface area contributed by atoms with Crippen LogP contribution >= 0.6 is 0 Å². The van der Waals surface area contributed by atoms with Gasteiger partial charge < -0.3 is 15.3 Å². The van der Waals surface area contributed by atoms with Crippen LogP contribution < -0.4 is 5.32 Å². The summed E-state index contributed by atoms with van der Waals surface area (Å²) in [5.74, 6) is -1.28. The number of hydrogen-bond donors (Lipinski definition) is 2. The molecule has 1 aromatic rings. The number of aryl methyl sites for hydroxylation is 1. The molecule has 1 atom stereocenters. The van der Waals surface area contributed by atoms with Gasteiger partial charge in [-0.05, 0) is 31.4 Å². The second kappa shape index (κ2) is 6.36. The number of carboxylic acids is 1. The van der Waals surface area contributed by atoms with E-state index < -0.39 is 11.9 Å². The summed E-state index contributed by atoms with van der Waals surface area (Å²) in [6.45, 7) is 3.21. The minimum absolute atomic E-state index is 0.212. The Bertz CT molecular complexity index is 487. The maximum atomic E-state index is 12.0. The number of aliphatic carboxylic acids is 1. The zero-order valence-electron chi connectivity index (χ0n) is 11.5. The zero-order valence-corrected chi connectivity index (χ0v) is 11.5. The van der Waals surface area contributed by atoms with Crippen LogP contribution in [0.3, 0.4) is 0 Å².